The molecule has 1 N–H and O–H groups in total. The SMILES string of the molecule is Cc1cccc(C(C)NCCc2nc(C)no2)c1. The molecule has 0 spiro atoms. The number of rotatable bonds is 5. The predicted molar refractivity (Wildman–Crippen MR) is 70.3 cm³/mol. The van der Waals surface area contributed by atoms with Crippen LogP contribution in [0, 0.1) is 13.8 Å². The van der Waals surface area contributed by atoms with E-state index in [1.807, 2.05) is 6.92 Å². The van der Waals surface area contributed by atoms with Crippen molar-refractivity contribution in [2.75, 3.05) is 6.54 Å². The lowest BCUT2D eigenvalue weighted by Gasteiger charge is -2.13. The number of aryl methyl sites for hydroxylation is 2. The molecule has 2 aromatic rings. The van der Waals surface area contributed by atoms with Crippen molar-refractivity contribution >= 4 is 0 Å². The summed E-state index contributed by atoms with van der Waals surface area (Å²) in [5, 5.41) is 7.23. The summed E-state index contributed by atoms with van der Waals surface area (Å²) >= 11 is 0. The molecule has 0 aliphatic heterocycles. The molecule has 2 rings (SSSR count). The second kappa shape index (κ2) is 5.78. The van der Waals surface area contributed by atoms with Crippen LogP contribution >= 0.6 is 0 Å². The number of hydrogen-bond acceptors (Lipinski definition) is 4. The lowest BCUT2D eigenvalue weighted by molar-refractivity contribution is 0.370. The van der Waals surface area contributed by atoms with Gasteiger partial charge in [0.05, 0.1) is 0 Å². The van der Waals surface area contributed by atoms with Gasteiger partial charge in [0.15, 0.2) is 5.82 Å². The smallest absolute Gasteiger partial charge is 0.227 e. The number of hydrogen-bond donors (Lipinski definition) is 1. The molecule has 1 aromatic heterocycles. The summed E-state index contributed by atoms with van der Waals surface area (Å²) in [5.74, 6) is 1.38. The molecule has 0 saturated heterocycles. The van der Waals surface area contributed by atoms with E-state index in [0.717, 1.165) is 13.0 Å². The first-order chi connectivity index (χ1) is 8.65. The highest BCUT2D eigenvalue weighted by Crippen LogP contribution is 2.13. The summed E-state index contributed by atoms with van der Waals surface area (Å²) < 4.78 is 5.07. The Morgan fingerprint density at radius 1 is 1.33 bits per heavy atom. The van der Waals surface area contributed by atoms with Gasteiger partial charge in [-0.15, -0.1) is 0 Å². The molecular weight excluding hydrogens is 226 g/mol. The second-order valence-corrected chi connectivity index (χ2v) is 4.58. The minimum Gasteiger partial charge on any atom is -0.339 e. The van der Waals surface area contributed by atoms with Crippen LogP contribution in [0.15, 0.2) is 28.8 Å². The van der Waals surface area contributed by atoms with E-state index in [1.54, 1.807) is 0 Å². The minimum atomic E-state index is 0.328. The van der Waals surface area contributed by atoms with Gasteiger partial charge in [0, 0.05) is 19.0 Å². The molecule has 1 unspecified atom stereocenters. The summed E-state index contributed by atoms with van der Waals surface area (Å²) in [6.45, 7) is 6.93. The number of benzene rings is 1. The average molecular weight is 245 g/mol. The zero-order valence-corrected chi connectivity index (χ0v) is 11.1. The van der Waals surface area contributed by atoms with Crippen molar-refractivity contribution in [3.8, 4) is 0 Å². The van der Waals surface area contributed by atoms with Gasteiger partial charge in [-0.3, -0.25) is 0 Å². The van der Waals surface area contributed by atoms with Gasteiger partial charge in [-0.2, -0.15) is 4.98 Å². The van der Waals surface area contributed by atoms with Gasteiger partial charge in [-0.05, 0) is 26.3 Å². The van der Waals surface area contributed by atoms with Crippen LogP contribution in [0.3, 0.4) is 0 Å². The Labute approximate surface area is 107 Å². The fraction of sp³-hybridized carbons (Fsp3) is 0.429. The Hall–Kier alpha value is -1.68. The molecule has 0 fully saturated rings. The molecule has 1 heterocycles. The largest absolute Gasteiger partial charge is 0.339 e. The minimum absolute atomic E-state index is 0.328. The van der Waals surface area contributed by atoms with Crippen LogP contribution in [0.1, 0.15) is 35.8 Å². The lowest BCUT2D eigenvalue weighted by atomic mass is 10.1. The Morgan fingerprint density at radius 3 is 2.83 bits per heavy atom. The first-order valence-electron chi connectivity index (χ1n) is 6.24. The Balaban J connectivity index is 1.83. The molecule has 18 heavy (non-hydrogen) atoms. The fourth-order valence-electron chi connectivity index (χ4n) is 1.89. The van der Waals surface area contributed by atoms with Crippen molar-refractivity contribution < 1.29 is 4.52 Å². The Kier molecular flexibility index (Phi) is 4.10. The fourth-order valence-corrected chi connectivity index (χ4v) is 1.89. The molecule has 1 aromatic carbocycles. The van der Waals surface area contributed by atoms with Crippen molar-refractivity contribution in [1.82, 2.24) is 15.5 Å². The predicted octanol–water partition coefficient (Wildman–Crippen LogP) is 2.58. The van der Waals surface area contributed by atoms with Crippen molar-refractivity contribution in [2.45, 2.75) is 33.2 Å². The molecule has 0 aliphatic rings. The molecular formula is C14H19N3O. The van der Waals surface area contributed by atoms with Crippen LogP contribution in [0.25, 0.3) is 0 Å². The average Bonchev–Trinajstić information content (AvgIpc) is 2.75. The van der Waals surface area contributed by atoms with Gasteiger partial charge < -0.3 is 9.84 Å². The van der Waals surface area contributed by atoms with E-state index in [9.17, 15) is 0 Å². The molecule has 0 bridgehead atoms. The summed E-state index contributed by atoms with van der Waals surface area (Å²) in [6.07, 6.45) is 0.761. The van der Waals surface area contributed by atoms with Crippen molar-refractivity contribution in [3.63, 3.8) is 0 Å². The van der Waals surface area contributed by atoms with E-state index in [1.165, 1.54) is 11.1 Å². The maximum absolute atomic E-state index is 5.07. The zero-order chi connectivity index (χ0) is 13.0. The first kappa shape index (κ1) is 12.8. The van der Waals surface area contributed by atoms with Gasteiger partial charge in [-0.25, -0.2) is 0 Å². The normalized spacial score (nSPS) is 12.6. The van der Waals surface area contributed by atoms with Gasteiger partial charge in [0.1, 0.15) is 0 Å². The Morgan fingerprint density at radius 2 is 2.17 bits per heavy atom. The van der Waals surface area contributed by atoms with E-state index in [2.05, 4.69) is 53.6 Å². The van der Waals surface area contributed by atoms with Crippen molar-refractivity contribution in [2.24, 2.45) is 0 Å². The van der Waals surface area contributed by atoms with Crippen LogP contribution in [0.4, 0.5) is 0 Å². The Bertz CT molecular complexity index is 507. The summed E-state index contributed by atoms with van der Waals surface area (Å²) in [4.78, 5) is 4.18. The van der Waals surface area contributed by atoms with E-state index in [-0.39, 0.29) is 0 Å². The third-order valence-electron chi connectivity index (χ3n) is 2.90. The molecule has 0 radical (unpaired) electrons. The van der Waals surface area contributed by atoms with Crippen LogP contribution < -0.4 is 5.32 Å². The highest BCUT2D eigenvalue weighted by Gasteiger charge is 2.06. The monoisotopic (exact) mass is 245 g/mol. The molecule has 0 saturated carbocycles. The van der Waals surface area contributed by atoms with Crippen molar-refractivity contribution in [3.05, 3.63) is 47.1 Å². The molecule has 4 nitrogen and oxygen atoms in total. The summed E-state index contributed by atoms with van der Waals surface area (Å²) in [5.41, 5.74) is 2.59. The third-order valence-corrected chi connectivity index (χ3v) is 2.90. The zero-order valence-electron chi connectivity index (χ0n) is 11.1. The lowest BCUT2D eigenvalue weighted by Crippen LogP contribution is -2.21. The third kappa shape index (κ3) is 3.40. The molecule has 0 aliphatic carbocycles. The van der Waals surface area contributed by atoms with Crippen LogP contribution in [0.2, 0.25) is 0 Å². The summed E-state index contributed by atoms with van der Waals surface area (Å²) in [6, 6.07) is 8.87. The van der Waals surface area contributed by atoms with E-state index in [0.29, 0.717) is 17.8 Å². The van der Waals surface area contributed by atoms with Crippen LogP contribution in [0.5, 0.6) is 0 Å². The topological polar surface area (TPSA) is 51.0 Å². The van der Waals surface area contributed by atoms with Crippen molar-refractivity contribution in [1.29, 1.82) is 0 Å². The number of aromatic nitrogens is 2. The summed E-state index contributed by atoms with van der Waals surface area (Å²) in [7, 11) is 0. The molecule has 96 valence electrons. The highest BCUT2D eigenvalue weighted by atomic mass is 16.5. The van der Waals surface area contributed by atoms with E-state index < -0.39 is 0 Å². The molecule has 1 atom stereocenters. The second-order valence-electron chi connectivity index (χ2n) is 4.58. The molecule has 0 amide bonds. The molecule has 4 heteroatoms. The quantitative estimate of drug-likeness (QED) is 0.879. The maximum Gasteiger partial charge on any atom is 0.227 e. The van der Waals surface area contributed by atoms with Gasteiger partial charge in [0.2, 0.25) is 5.89 Å². The van der Waals surface area contributed by atoms with E-state index >= 15 is 0 Å². The van der Waals surface area contributed by atoms with Gasteiger partial charge in [0.25, 0.3) is 0 Å². The first-order valence-corrected chi connectivity index (χ1v) is 6.24. The number of nitrogens with one attached hydrogen (secondary N) is 1. The standard InChI is InChI=1S/C14H19N3O/c1-10-5-4-6-13(9-10)11(2)15-8-7-14-16-12(3)17-18-14/h4-6,9,11,15H,7-8H2,1-3H3. The van der Waals surface area contributed by atoms with Crippen LogP contribution in [-0.2, 0) is 6.42 Å². The van der Waals surface area contributed by atoms with Gasteiger partial charge in [-0.1, -0.05) is 35.0 Å². The van der Waals surface area contributed by atoms with Crippen LogP contribution in [-0.4, -0.2) is 16.7 Å². The maximum atomic E-state index is 5.07. The highest BCUT2D eigenvalue weighted by molar-refractivity contribution is 5.24. The van der Waals surface area contributed by atoms with E-state index in [4.69, 9.17) is 4.52 Å². The number of nitrogens with zero attached hydrogens (tertiary/aromatic N) is 2. The van der Waals surface area contributed by atoms with Gasteiger partial charge >= 0.3 is 0 Å².